The average Bonchev–Trinajstić information content (AvgIpc) is 2.26. The molecule has 0 saturated heterocycles. The van der Waals surface area contributed by atoms with Gasteiger partial charge in [0.2, 0.25) is 0 Å². The molecule has 1 aromatic rings. The Hall–Kier alpha value is -1.16. The van der Waals surface area contributed by atoms with Gasteiger partial charge >= 0.3 is 0 Å². The Labute approximate surface area is 82.5 Å². The van der Waals surface area contributed by atoms with Crippen molar-refractivity contribution < 1.29 is 0 Å². The van der Waals surface area contributed by atoms with Gasteiger partial charge in [-0.05, 0) is 30.7 Å². The van der Waals surface area contributed by atoms with Crippen molar-refractivity contribution in [2.24, 2.45) is 11.7 Å². The van der Waals surface area contributed by atoms with Gasteiger partial charge in [-0.3, -0.25) is 4.79 Å². The lowest BCUT2D eigenvalue weighted by Gasteiger charge is -2.08. The highest BCUT2D eigenvalue weighted by Crippen LogP contribution is 2.26. The second-order valence-corrected chi connectivity index (χ2v) is 4.14. The molecule has 0 unspecified atom stereocenters. The summed E-state index contributed by atoms with van der Waals surface area (Å²) < 4.78 is 0. The van der Waals surface area contributed by atoms with Gasteiger partial charge in [0.25, 0.3) is 5.56 Å². The number of H-pyrrole nitrogens is 1. The van der Waals surface area contributed by atoms with Gasteiger partial charge in [0.15, 0.2) is 0 Å². The maximum Gasteiger partial charge on any atom is 0.264 e. The molecular weight excluding hydrogens is 178 g/mol. The van der Waals surface area contributed by atoms with Crippen LogP contribution in [0.2, 0.25) is 0 Å². The Morgan fingerprint density at radius 2 is 2.36 bits per heavy atom. The molecular formula is C10H15N3O. The van der Waals surface area contributed by atoms with Gasteiger partial charge in [-0.25, -0.2) is 5.10 Å². The van der Waals surface area contributed by atoms with Crippen molar-refractivity contribution >= 4 is 0 Å². The largest absolute Gasteiger partial charge is 0.323 e. The van der Waals surface area contributed by atoms with Crippen LogP contribution in [0.1, 0.15) is 37.1 Å². The smallest absolute Gasteiger partial charge is 0.264 e. The summed E-state index contributed by atoms with van der Waals surface area (Å²) in [5, 5.41) is 6.48. The summed E-state index contributed by atoms with van der Waals surface area (Å²) in [6, 6.07) is 1.61. The topological polar surface area (TPSA) is 71.8 Å². The second kappa shape index (κ2) is 3.53. The summed E-state index contributed by atoms with van der Waals surface area (Å²) in [7, 11) is 0. The Kier molecular flexibility index (Phi) is 2.37. The number of hydrogen-bond acceptors (Lipinski definition) is 3. The number of nitrogens with one attached hydrogen (secondary N) is 1. The lowest BCUT2D eigenvalue weighted by molar-refractivity contribution is 0.496. The molecule has 3 N–H and O–H groups in total. The van der Waals surface area contributed by atoms with E-state index in [0.717, 1.165) is 30.5 Å². The van der Waals surface area contributed by atoms with Gasteiger partial charge in [-0.1, -0.05) is 6.92 Å². The number of nitrogens with two attached hydrogens (primary N) is 1. The Morgan fingerprint density at radius 1 is 1.57 bits per heavy atom. The van der Waals surface area contributed by atoms with Crippen LogP contribution >= 0.6 is 0 Å². The molecule has 4 nitrogen and oxygen atoms in total. The Bertz CT molecular complexity index is 385. The summed E-state index contributed by atoms with van der Waals surface area (Å²) in [5.74, 6) is 0.589. The third-order valence-corrected chi connectivity index (χ3v) is 2.81. The monoisotopic (exact) mass is 193 g/mol. The fourth-order valence-corrected chi connectivity index (χ4v) is 2.01. The highest BCUT2D eigenvalue weighted by molar-refractivity contribution is 5.22. The normalized spacial score (nSPS) is 26.7. The third kappa shape index (κ3) is 1.70. The van der Waals surface area contributed by atoms with E-state index in [9.17, 15) is 4.79 Å². The van der Waals surface area contributed by atoms with Crippen LogP contribution in [-0.4, -0.2) is 10.2 Å². The van der Waals surface area contributed by atoms with E-state index in [2.05, 4.69) is 17.1 Å². The number of aromatic amines is 1. The number of hydrogen-bond donors (Lipinski definition) is 2. The van der Waals surface area contributed by atoms with Crippen molar-refractivity contribution in [3.8, 4) is 0 Å². The lowest BCUT2D eigenvalue weighted by atomic mass is 10.0. The average molecular weight is 193 g/mol. The number of rotatable bonds is 0. The molecule has 0 saturated carbocycles. The molecule has 2 atom stereocenters. The molecule has 1 aromatic heterocycles. The first-order chi connectivity index (χ1) is 6.66. The van der Waals surface area contributed by atoms with Crippen molar-refractivity contribution in [2.75, 3.05) is 0 Å². The van der Waals surface area contributed by atoms with Gasteiger partial charge in [0, 0.05) is 12.1 Å². The zero-order valence-corrected chi connectivity index (χ0v) is 8.29. The minimum atomic E-state index is -0.134. The highest BCUT2D eigenvalue weighted by atomic mass is 16.1. The van der Waals surface area contributed by atoms with Crippen LogP contribution in [0.15, 0.2) is 10.9 Å². The van der Waals surface area contributed by atoms with Crippen LogP contribution in [0.25, 0.3) is 0 Å². The van der Waals surface area contributed by atoms with E-state index in [1.165, 1.54) is 0 Å². The van der Waals surface area contributed by atoms with Crippen LogP contribution in [0.5, 0.6) is 0 Å². The van der Waals surface area contributed by atoms with E-state index in [4.69, 9.17) is 5.73 Å². The van der Waals surface area contributed by atoms with Crippen LogP contribution < -0.4 is 11.3 Å². The molecule has 0 bridgehead atoms. The van der Waals surface area contributed by atoms with Crippen LogP contribution in [-0.2, 0) is 6.42 Å². The molecule has 2 rings (SSSR count). The maximum absolute atomic E-state index is 11.1. The van der Waals surface area contributed by atoms with E-state index in [1.54, 1.807) is 6.07 Å². The zero-order valence-electron chi connectivity index (χ0n) is 8.29. The lowest BCUT2D eigenvalue weighted by Crippen LogP contribution is -2.18. The maximum atomic E-state index is 11.1. The van der Waals surface area contributed by atoms with Gasteiger partial charge in [-0.2, -0.15) is 5.10 Å². The third-order valence-electron chi connectivity index (χ3n) is 2.81. The summed E-state index contributed by atoms with van der Waals surface area (Å²) >= 11 is 0. The van der Waals surface area contributed by atoms with Crippen molar-refractivity contribution in [1.82, 2.24) is 10.2 Å². The number of aromatic nitrogens is 2. The first-order valence-corrected chi connectivity index (χ1v) is 5.01. The fraction of sp³-hybridized carbons (Fsp3) is 0.600. The molecule has 14 heavy (non-hydrogen) atoms. The van der Waals surface area contributed by atoms with E-state index in [-0.39, 0.29) is 11.6 Å². The molecule has 1 aliphatic rings. The summed E-state index contributed by atoms with van der Waals surface area (Å²) in [4.78, 5) is 11.1. The fourth-order valence-electron chi connectivity index (χ4n) is 2.01. The first-order valence-electron chi connectivity index (χ1n) is 5.01. The van der Waals surface area contributed by atoms with Crippen molar-refractivity contribution in [2.45, 2.75) is 32.2 Å². The van der Waals surface area contributed by atoms with Gasteiger partial charge < -0.3 is 5.73 Å². The molecule has 1 heterocycles. The van der Waals surface area contributed by atoms with Crippen molar-refractivity contribution in [1.29, 1.82) is 0 Å². The van der Waals surface area contributed by atoms with Crippen LogP contribution in [0.4, 0.5) is 0 Å². The van der Waals surface area contributed by atoms with Crippen LogP contribution in [0, 0.1) is 5.92 Å². The predicted molar refractivity (Wildman–Crippen MR) is 53.9 cm³/mol. The minimum Gasteiger partial charge on any atom is -0.323 e. The molecule has 1 aliphatic carbocycles. The van der Waals surface area contributed by atoms with E-state index in [0.29, 0.717) is 5.92 Å². The molecule has 0 fully saturated rings. The molecule has 76 valence electrons. The molecule has 0 amide bonds. The zero-order chi connectivity index (χ0) is 10.1. The van der Waals surface area contributed by atoms with E-state index < -0.39 is 0 Å². The summed E-state index contributed by atoms with van der Waals surface area (Å²) in [6.07, 6.45) is 2.97. The summed E-state index contributed by atoms with van der Waals surface area (Å²) in [5.41, 5.74) is 7.73. The Morgan fingerprint density at radius 3 is 3.14 bits per heavy atom. The minimum absolute atomic E-state index is 0.0215. The standard InChI is InChI=1S/C10H15N3O/c1-6-2-3-8(11)10-7(4-6)5-9(14)12-13-10/h5-6,8H,2-4,11H2,1H3,(H,12,14)/t6-,8+/m0/s1. The van der Waals surface area contributed by atoms with Gasteiger partial charge in [0.05, 0.1) is 5.69 Å². The molecule has 0 radical (unpaired) electrons. The van der Waals surface area contributed by atoms with Crippen LogP contribution in [0.3, 0.4) is 0 Å². The molecule has 0 spiro atoms. The molecule has 0 aromatic carbocycles. The first kappa shape index (κ1) is 9.40. The van der Waals surface area contributed by atoms with Crippen molar-refractivity contribution in [3.05, 3.63) is 27.7 Å². The highest BCUT2D eigenvalue weighted by Gasteiger charge is 2.20. The van der Waals surface area contributed by atoms with E-state index >= 15 is 0 Å². The van der Waals surface area contributed by atoms with Crippen molar-refractivity contribution in [3.63, 3.8) is 0 Å². The predicted octanol–water partition coefficient (Wildman–Crippen LogP) is 0.742. The summed E-state index contributed by atoms with van der Waals surface area (Å²) in [6.45, 7) is 2.18. The number of nitrogens with zero attached hydrogens (tertiary/aromatic N) is 1. The van der Waals surface area contributed by atoms with Gasteiger partial charge in [0.1, 0.15) is 0 Å². The number of fused-ring (bicyclic) bond motifs is 1. The Balaban J connectivity index is 2.46. The second-order valence-electron chi connectivity index (χ2n) is 4.14. The van der Waals surface area contributed by atoms with E-state index in [1.807, 2.05) is 0 Å². The molecule has 4 heteroatoms. The molecule has 0 aliphatic heterocycles. The SMILES string of the molecule is C[C@H]1CC[C@@H](N)c2n[nH]c(=O)cc2C1. The quantitative estimate of drug-likeness (QED) is 0.597. The van der Waals surface area contributed by atoms with Gasteiger partial charge in [-0.15, -0.1) is 0 Å².